The molecule has 0 saturated carbocycles. The van der Waals surface area contributed by atoms with Crippen LogP contribution in [0.25, 0.3) is 0 Å². The fourth-order valence-corrected chi connectivity index (χ4v) is 2.84. The van der Waals surface area contributed by atoms with Crippen LogP contribution < -0.4 is 15.5 Å². The van der Waals surface area contributed by atoms with Crippen molar-refractivity contribution in [2.45, 2.75) is 31.7 Å². The Balaban J connectivity index is 1.69. The van der Waals surface area contributed by atoms with Gasteiger partial charge in [0.2, 0.25) is 5.95 Å². The van der Waals surface area contributed by atoms with E-state index in [0.717, 1.165) is 18.1 Å². The Labute approximate surface area is 166 Å². The Bertz CT molecular complexity index is 867. The van der Waals surface area contributed by atoms with Gasteiger partial charge in [0.1, 0.15) is 11.9 Å². The largest absolute Gasteiger partial charge is 0.433 e. The molecule has 3 rings (SSSR count). The van der Waals surface area contributed by atoms with Crippen LogP contribution in [0, 0.1) is 0 Å². The average molecular weight is 409 g/mol. The maximum atomic E-state index is 13.1. The molecular weight excluding hydrogens is 387 g/mol. The number of aromatic nitrogens is 2. The number of nitrogens with one attached hydrogen (secondary N) is 2. The second kappa shape index (κ2) is 8.64. The molecule has 1 aliphatic heterocycles. The van der Waals surface area contributed by atoms with Crippen molar-refractivity contribution in [1.29, 1.82) is 0 Å². The highest BCUT2D eigenvalue weighted by Gasteiger charge is 2.34. The van der Waals surface area contributed by atoms with Crippen molar-refractivity contribution < 1.29 is 22.7 Å². The summed E-state index contributed by atoms with van der Waals surface area (Å²) in [5.74, 6) is -0.186. The molecule has 0 aliphatic carbocycles. The van der Waals surface area contributed by atoms with Crippen LogP contribution in [-0.2, 0) is 22.3 Å². The van der Waals surface area contributed by atoms with Crippen LogP contribution in [0.2, 0.25) is 0 Å². The quantitative estimate of drug-likeness (QED) is 0.762. The first kappa shape index (κ1) is 20.8. The van der Waals surface area contributed by atoms with Gasteiger partial charge in [0.25, 0.3) is 5.91 Å². The highest BCUT2D eigenvalue weighted by atomic mass is 19.4. The van der Waals surface area contributed by atoms with Gasteiger partial charge in [-0.25, -0.2) is 4.98 Å². The molecule has 1 amide bonds. The molecule has 2 aromatic rings. The van der Waals surface area contributed by atoms with Crippen LogP contribution >= 0.6 is 0 Å². The van der Waals surface area contributed by atoms with E-state index >= 15 is 0 Å². The molecule has 1 fully saturated rings. The highest BCUT2D eigenvalue weighted by Crippen LogP contribution is 2.30. The molecule has 2 heterocycles. The Morgan fingerprint density at radius 3 is 2.72 bits per heavy atom. The molecule has 1 atom stereocenters. The number of benzene rings is 1. The lowest BCUT2D eigenvalue weighted by Gasteiger charge is -2.16. The zero-order chi connectivity index (χ0) is 21.0. The van der Waals surface area contributed by atoms with Gasteiger partial charge in [0.05, 0.1) is 0 Å². The van der Waals surface area contributed by atoms with Crippen LogP contribution in [0.15, 0.2) is 30.3 Å². The van der Waals surface area contributed by atoms with Gasteiger partial charge in [0, 0.05) is 39.0 Å². The number of alkyl halides is 3. The zero-order valence-electron chi connectivity index (χ0n) is 16.1. The fourth-order valence-electron chi connectivity index (χ4n) is 2.84. The second-order valence-electron chi connectivity index (χ2n) is 6.87. The Morgan fingerprint density at radius 2 is 2.07 bits per heavy atom. The summed E-state index contributed by atoms with van der Waals surface area (Å²) in [4.78, 5) is 21.3. The molecule has 156 valence electrons. The van der Waals surface area contributed by atoms with Crippen LogP contribution in [0.1, 0.15) is 24.1 Å². The Morgan fingerprint density at radius 1 is 1.28 bits per heavy atom. The minimum atomic E-state index is -4.57. The van der Waals surface area contributed by atoms with E-state index in [1.54, 1.807) is 38.4 Å². The van der Waals surface area contributed by atoms with Crippen molar-refractivity contribution in [3.8, 4) is 0 Å². The first-order chi connectivity index (χ1) is 13.7. The van der Waals surface area contributed by atoms with Crippen molar-refractivity contribution in [3.05, 3.63) is 41.6 Å². The normalized spacial score (nSPS) is 16.5. The summed E-state index contributed by atoms with van der Waals surface area (Å²) < 4.78 is 44.6. The van der Waals surface area contributed by atoms with Gasteiger partial charge >= 0.3 is 6.18 Å². The molecule has 1 unspecified atom stereocenters. The van der Waals surface area contributed by atoms with Gasteiger partial charge in [-0.2, -0.15) is 18.2 Å². The Kier molecular flexibility index (Phi) is 6.21. The van der Waals surface area contributed by atoms with Crippen LogP contribution in [0.5, 0.6) is 0 Å². The minimum absolute atomic E-state index is 0.127. The Hall–Kier alpha value is -2.88. The zero-order valence-corrected chi connectivity index (χ0v) is 16.1. The maximum Gasteiger partial charge on any atom is 0.433 e. The third-order valence-electron chi connectivity index (χ3n) is 4.33. The lowest BCUT2D eigenvalue weighted by molar-refractivity contribution is -0.141. The number of anilines is 3. The third kappa shape index (κ3) is 5.57. The fraction of sp³-hybridized carbons (Fsp3) is 0.421. The van der Waals surface area contributed by atoms with E-state index in [-0.39, 0.29) is 24.2 Å². The van der Waals surface area contributed by atoms with Crippen LogP contribution in [-0.4, -0.2) is 42.7 Å². The summed E-state index contributed by atoms with van der Waals surface area (Å²) in [6.45, 7) is 0.770. The van der Waals surface area contributed by atoms with Gasteiger partial charge in [-0.15, -0.1) is 0 Å². The van der Waals surface area contributed by atoms with Gasteiger partial charge < -0.3 is 20.3 Å². The summed E-state index contributed by atoms with van der Waals surface area (Å²) in [6, 6.07) is 7.91. The van der Waals surface area contributed by atoms with Crippen LogP contribution in [0.3, 0.4) is 0 Å². The molecule has 0 radical (unpaired) electrons. The maximum absolute atomic E-state index is 13.1. The molecule has 2 N–H and O–H groups in total. The smallest absolute Gasteiger partial charge is 0.368 e. The summed E-state index contributed by atoms with van der Waals surface area (Å²) in [5.41, 5.74) is 0.322. The van der Waals surface area contributed by atoms with Gasteiger partial charge in [-0.3, -0.25) is 4.79 Å². The first-order valence-corrected chi connectivity index (χ1v) is 9.11. The lowest BCUT2D eigenvalue weighted by Crippen LogP contribution is -2.26. The second-order valence-corrected chi connectivity index (χ2v) is 6.87. The van der Waals surface area contributed by atoms with E-state index in [1.807, 2.05) is 0 Å². The summed E-state index contributed by atoms with van der Waals surface area (Å²) in [7, 11) is 3.21. The number of nitrogens with zero attached hydrogens (tertiary/aromatic N) is 3. The number of ether oxygens (including phenoxy) is 1. The van der Waals surface area contributed by atoms with Gasteiger partial charge in [0.15, 0.2) is 5.69 Å². The third-order valence-corrected chi connectivity index (χ3v) is 4.33. The van der Waals surface area contributed by atoms with Crippen molar-refractivity contribution in [1.82, 2.24) is 9.97 Å². The van der Waals surface area contributed by atoms with E-state index in [4.69, 9.17) is 4.74 Å². The topological polar surface area (TPSA) is 79.4 Å². The summed E-state index contributed by atoms with van der Waals surface area (Å²) in [5, 5.41) is 5.62. The van der Waals surface area contributed by atoms with E-state index in [2.05, 4.69) is 20.6 Å². The predicted octanol–water partition coefficient (Wildman–Crippen LogP) is 3.29. The number of halogens is 3. The number of carbonyl (C=O) groups is 1. The van der Waals surface area contributed by atoms with E-state index in [1.165, 1.54) is 4.90 Å². The minimum Gasteiger partial charge on any atom is -0.368 e. The summed E-state index contributed by atoms with van der Waals surface area (Å²) >= 11 is 0. The molecule has 0 spiro atoms. The van der Waals surface area contributed by atoms with E-state index < -0.39 is 18.0 Å². The summed E-state index contributed by atoms with van der Waals surface area (Å²) in [6.07, 6.45) is -3.47. The lowest BCUT2D eigenvalue weighted by atomic mass is 10.2. The number of hydrogen-bond donors (Lipinski definition) is 2. The molecule has 7 nitrogen and oxygen atoms in total. The van der Waals surface area contributed by atoms with Gasteiger partial charge in [-0.05, 0) is 30.5 Å². The van der Waals surface area contributed by atoms with E-state index in [0.29, 0.717) is 18.7 Å². The highest BCUT2D eigenvalue weighted by molar-refractivity contribution is 5.94. The number of rotatable bonds is 6. The van der Waals surface area contributed by atoms with E-state index in [9.17, 15) is 18.0 Å². The van der Waals surface area contributed by atoms with Crippen molar-refractivity contribution in [2.24, 2.45) is 0 Å². The molecule has 10 heteroatoms. The molecule has 1 aromatic carbocycles. The standard InChI is InChI=1S/C19H22F3N5O2/c1-27(2)16-10-15(19(20,21)22)25-18(26-16)23-11-12-5-3-6-13(9-12)24-17(28)14-7-4-8-29-14/h3,5-6,9-10,14H,4,7-8,11H2,1-2H3,(H,24,28)(H,23,25,26). The number of carbonyl (C=O) groups excluding carboxylic acids is 1. The average Bonchev–Trinajstić information content (AvgIpc) is 3.21. The SMILES string of the molecule is CN(C)c1cc(C(F)(F)F)nc(NCc2cccc(NC(=O)C3CCCO3)c2)n1. The predicted molar refractivity (Wildman–Crippen MR) is 103 cm³/mol. The first-order valence-electron chi connectivity index (χ1n) is 9.11. The molecule has 1 saturated heterocycles. The van der Waals surface area contributed by atoms with Crippen LogP contribution in [0.4, 0.5) is 30.6 Å². The molecule has 29 heavy (non-hydrogen) atoms. The van der Waals surface area contributed by atoms with Gasteiger partial charge in [-0.1, -0.05) is 12.1 Å². The molecule has 1 aromatic heterocycles. The molecule has 1 aliphatic rings. The molecular formula is C19H22F3N5O2. The van der Waals surface area contributed by atoms with Crippen molar-refractivity contribution in [2.75, 3.05) is 36.2 Å². The van der Waals surface area contributed by atoms with Crippen molar-refractivity contribution >= 4 is 23.4 Å². The number of amides is 1. The number of hydrogen-bond acceptors (Lipinski definition) is 6. The van der Waals surface area contributed by atoms with Crippen molar-refractivity contribution in [3.63, 3.8) is 0 Å². The monoisotopic (exact) mass is 409 g/mol. The molecule has 0 bridgehead atoms.